The van der Waals surface area contributed by atoms with Gasteiger partial charge < -0.3 is 4.90 Å². The molecular formula is C28H32N2O2S. The summed E-state index contributed by atoms with van der Waals surface area (Å²) in [6.45, 7) is 11.3. The van der Waals surface area contributed by atoms with Crippen molar-refractivity contribution in [3.8, 4) is 11.1 Å². The third-order valence-corrected chi connectivity index (χ3v) is 7.40. The van der Waals surface area contributed by atoms with Gasteiger partial charge in [0, 0.05) is 25.3 Å². The van der Waals surface area contributed by atoms with Crippen molar-refractivity contribution in [2.24, 2.45) is 5.92 Å². The van der Waals surface area contributed by atoms with Crippen LogP contribution in [0.25, 0.3) is 22.8 Å². The number of imide groups is 1. The molecule has 4 rings (SSSR count). The predicted octanol–water partition coefficient (Wildman–Crippen LogP) is 6.77. The van der Waals surface area contributed by atoms with Crippen LogP contribution in [0.2, 0.25) is 0 Å². The van der Waals surface area contributed by atoms with E-state index in [4.69, 9.17) is 0 Å². The van der Waals surface area contributed by atoms with E-state index in [9.17, 15) is 9.59 Å². The lowest BCUT2D eigenvalue weighted by Gasteiger charge is -2.34. The molecule has 33 heavy (non-hydrogen) atoms. The molecule has 1 aliphatic heterocycles. The van der Waals surface area contributed by atoms with Gasteiger partial charge in [-0.3, -0.25) is 14.9 Å². The van der Waals surface area contributed by atoms with Gasteiger partial charge >= 0.3 is 0 Å². The Kier molecular flexibility index (Phi) is 6.04. The number of hydrogen-bond acceptors (Lipinski definition) is 4. The minimum atomic E-state index is -0.331. The molecule has 0 spiro atoms. The SMILES string of the molecule is Cc1cc2c(cc1-c1cc(C=C3SC(=O)NC3=O)ccc1N(C)C)C(C(C)C)=CCC2(C)C. The van der Waals surface area contributed by atoms with Crippen LogP contribution >= 0.6 is 11.8 Å². The van der Waals surface area contributed by atoms with Crippen LogP contribution in [0.4, 0.5) is 10.5 Å². The summed E-state index contributed by atoms with van der Waals surface area (Å²) in [5.74, 6) is 0.123. The van der Waals surface area contributed by atoms with Crippen molar-refractivity contribution >= 4 is 40.2 Å². The Morgan fingerprint density at radius 2 is 1.79 bits per heavy atom. The lowest BCUT2D eigenvalue weighted by molar-refractivity contribution is -0.115. The minimum Gasteiger partial charge on any atom is -0.377 e. The van der Waals surface area contributed by atoms with E-state index in [-0.39, 0.29) is 16.6 Å². The highest BCUT2D eigenvalue weighted by atomic mass is 32.2. The van der Waals surface area contributed by atoms with Gasteiger partial charge in [-0.25, -0.2) is 0 Å². The Labute approximate surface area is 201 Å². The van der Waals surface area contributed by atoms with E-state index >= 15 is 0 Å². The van der Waals surface area contributed by atoms with Gasteiger partial charge in [0.05, 0.1) is 4.91 Å². The minimum absolute atomic E-state index is 0.104. The number of benzene rings is 2. The van der Waals surface area contributed by atoms with E-state index in [1.807, 2.05) is 20.2 Å². The molecule has 172 valence electrons. The first-order chi connectivity index (χ1) is 15.5. The van der Waals surface area contributed by atoms with Gasteiger partial charge in [0.2, 0.25) is 0 Å². The highest BCUT2D eigenvalue weighted by Crippen LogP contribution is 2.45. The fourth-order valence-electron chi connectivity index (χ4n) is 4.75. The second-order valence-corrected chi connectivity index (χ2v) is 11.2. The smallest absolute Gasteiger partial charge is 0.290 e. The number of thioether (sulfide) groups is 1. The molecule has 0 aromatic heterocycles. The Morgan fingerprint density at radius 3 is 2.39 bits per heavy atom. The maximum absolute atomic E-state index is 12.1. The van der Waals surface area contributed by atoms with Gasteiger partial charge in [0.1, 0.15) is 0 Å². The second kappa shape index (κ2) is 8.53. The van der Waals surface area contributed by atoms with Gasteiger partial charge in [-0.2, -0.15) is 0 Å². The van der Waals surface area contributed by atoms with Crippen molar-refractivity contribution in [1.29, 1.82) is 0 Å². The molecule has 0 atom stereocenters. The Hall–Kier alpha value is -2.79. The molecule has 0 radical (unpaired) electrons. The number of anilines is 1. The Bertz CT molecular complexity index is 1220. The topological polar surface area (TPSA) is 49.4 Å². The first kappa shape index (κ1) is 23.4. The lowest BCUT2D eigenvalue weighted by atomic mass is 9.70. The van der Waals surface area contributed by atoms with Gasteiger partial charge in [-0.05, 0) is 94.1 Å². The first-order valence-corrected chi connectivity index (χ1v) is 12.2. The quantitative estimate of drug-likeness (QED) is 0.511. The number of fused-ring (bicyclic) bond motifs is 1. The third-order valence-electron chi connectivity index (χ3n) is 6.59. The molecule has 2 aromatic rings. The highest BCUT2D eigenvalue weighted by Gasteiger charge is 2.30. The van der Waals surface area contributed by atoms with Gasteiger partial charge in [-0.1, -0.05) is 45.9 Å². The van der Waals surface area contributed by atoms with Crippen molar-refractivity contribution in [3.63, 3.8) is 0 Å². The van der Waals surface area contributed by atoms with Crippen LogP contribution in [0, 0.1) is 12.8 Å². The fraction of sp³-hybridized carbons (Fsp3) is 0.357. The van der Waals surface area contributed by atoms with Crippen LogP contribution in [0.1, 0.15) is 56.4 Å². The summed E-state index contributed by atoms with van der Waals surface area (Å²) in [4.78, 5) is 26.2. The van der Waals surface area contributed by atoms with E-state index in [0.29, 0.717) is 10.8 Å². The molecule has 2 aliphatic rings. The van der Waals surface area contributed by atoms with Crippen molar-refractivity contribution in [3.05, 3.63) is 63.6 Å². The summed E-state index contributed by atoms with van der Waals surface area (Å²) in [6.07, 6.45) is 5.26. The van der Waals surface area contributed by atoms with Crippen LogP contribution < -0.4 is 10.2 Å². The standard InChI is InChI=1S/C28H32N2O2S/c1-16(2)19-10-11-28(4,5)23-12-17(3)20(15-21(19)23)22-13-18(8-9-24(22)30(6)7)14-25-26(31)29-27(32)33-25/h8-10,12-16H,11H2,1-7H3,(H,29,31,32). The number of nitrogens with one attached hydrogen (secondary N) is 1. The number of aryl methyl sites for hydroxylation is 1. The molecule has 4 nitrogen and oxygen atoms in total. The molecule has 2 aromatic carbocycles. The monoisotopic (exact) mass is 460 g/mol. The second-order valence-electron chi connectivity index (χ2n) is 10.1. The summed E-state index contributed by atoms with van der Waals surface area (Å²) >= 11 is 0.949. The van der Waals surface area contributed by atoms with Gasteiger partial charge in [-0.15, -0.1) is 0 Å². The van der Waals surface area contributed by atoms with Crippen LogP contribution in [-0.2, 0) is 10.2 Å². The summed E-state index contributed by atoms with van der Waals surface area (Å²) in [5.41, 5.74) is 9.84. The zero-order chi connectivity index (χ0) is 24.1. The molecule has 0 unspecified atom stereocenters. The average molecular weight is 461 g/mol. The van der Waals surface area contributed by atoms with Crippen molar-refractivity contribution < 1.29 is 9.59 Å². The summed E-state index contributed by atoms with van der Waals surface area (Å²) < 4.78 is 0. The molecule has 1 N–H and O–H groups in total. The van der Waals surface area contributed by atoms with E-state index in [1.165, 1.54) is 27.8 Å². The maximum Gasteiger partial charge on any atom is 0.290 e. The molecule has 1 aliphatic carbocycles. The first-order valence-electron chi connectivity index (χ1n) is 11.4. The number of carbonyl (C=O) groups is 2. The van der Waals surface area contributed by atoms with Crippen molar-refractivity contribution in [1.82, 2.24) is 5.32 Å². The molecule has 2 amide bonds. The molecule has 1 saturated heterocycles. The zero-order valence-corrected chi connectivity index (χ0v) is 21.3. The molecule has 5 heteroatoms. The maximum atomic E-state index is 12.1. The number of nitrogens with zero attached hydrogens (tertiary/aromatic N) is 1. The third kappa shape index (κ3) is 4.39. The number of allylic oxidation sites excluding steroid dienone is 2. The average Bonchev–Trinajstić information content (AvgIpc) is 3.04. The summed E-state index contributed by atoms with van der Waals surface area (Å²) in [6, 6.07) is 10.9. The van der Waals surface area contributed by atoms with Crippen LogP contribution in [0.15, 0.2) is 41.3 Å². The van der Waals surface area contributed by atoms with Crippen molar-refractivity contribution in [2.45, 2.75) is 46.5 Å². The van der Waals surface area contributed by atoms with Gasteiger partial charge in [0.25, 0.3) is 11.1 Å². The van der Waals surface area contributed by atoms with E-state index in [1.54, 1.807) is 6.08 Å². The summed E-state index contributed by atoms with van der Waals surface area (Å²) in [5, 5.41) is 2.01. The Balaban J connectivity index is 1.91. The van der Waals surface area contributed by atoms with E-state index < -0.39 is 0 Å². The largest absolute Gasteiger partial charge is 0.377 e. The molecule has 0 bridgehead atoms. The molecule has 0 saturated carbocycles. The summed E-state index contributed by atoms with van der Waals surface area (Å²) in [7, 11) is 4.10. The number of rotatable bonds is 4. The van der Waals surface area contributed by atoms with E-state index in [0.717, 1.165) is 35.0 Å². The Morgan fingerprint density at radius 1 is 1.06 bits per heavy atom. The lowest BCUT2D eigenvalue weighted by Crippen LogP contribution is -2.23. The molecular weight excluding hydrogens is 428 g/mol. The van der Waals surface area contributed by atoms with Crippen LogP contribution in [0.3, 0.4) is 0 Å². The number of carbonyl (C=O) groups excluding carboxylic acids is 2. The van der Waals surface area contributed by atoms with Crippen molar-refractivity contribution in [2.75, 3.05) is 19.0 Å². The van der Waals surface area contributed by atoms with E-state index in [2.05, 4.69) is 75.2 Å². The fourth-order valence-corrected chi connectivity index (χ4v) is 5.43. The van der Waals surface area contributed by atoms with Gasteiger partial charge in [0.15, 0.2) is 0 Å². The predicted molar refractivity (Wildman–Crippen MR) is 141 cm³/mol. The molecule has 1 heterocycles. The van der Waals surface area contributed by atoms with Crippen LogP contribution in [-0.4, -0.2) is 25.2 Å². The highest BCUT2D eigenvalue weighted by molar-refractivity contribution is 8.18. The van der Waals surface area contributed by atoms with Crippen LogP contribution in [0.5, 0.6) is 0 Å². The molecule has 1 fully saturated rings. The normalized spacial score (nSPS) is 18.4. The number of hydrogen-bond donors (Lipinski definition) is 1. The number of amides is 2. The zero-order valence-electron chi connectivity index (χ0n) is 20.5.